The molecule has 120 valence electrons. The van der Waals surface area contributed by atoms with E-state index in [0.29, 0.717) is 28.7 Å². The van der Waals surface area contributed by atoms with Crippen LogP contribution in [0.1, 0.15) is 16.2 Å². The lowest BCUT2D eigenvalue weighted by Gasteiger charge is -2.11. The van der Waals surface area contributed by atoms with Gasteiger partial charge in [0, 0.05) is 17.3 Å². The molecular formula is C16H17ClN4O2. The van der Waals surface area contributed by atoms with Crippen LogP contribution in [0.5, 0.6) is 5.75 Å². The van der Waals surface area contributed by atoms with Gasteiger partial charge >= 0.3 is 0 Å². The third-order valence-electron chi connectivity index (χ3n) is 2.90. The molecule has 0 radical (unpaired) electrons. The molecule has 0 atom stereocenters. The highest BCUT2D eigenvalue weighted by Crippen LogP contribution is 2.29. The predicted molar refractivity (Wildman–Crippen MR) is 90.6 cm³/mol. The fraction of sp³-hybridized carbons (Fsp3) is 0.188. The van der Waals surface area contributed by atoms with Gasteiger partial charge in [0.15, 0.2) is 0 Å². The molecule has 0 unspecified atom stereocenters. The molecule has 2 N–H and O–H groups in total. The lowest BCUT2D eigenvalue weighted by Crippen LogP contribution is -2.24. The first-order valence-corrected chi connectivity index (χ1v) is 7.26. The molecule has 6 nitrogen and oxygen atoms in total. The van der Waals surface area contributed by atoms with Crippen LogP contribution in [0.25, 0.3) is 0 Å². The average molecular weight is 333 g/mol. The van der Waals surface area contributed by atoms with Crippen molar-refractivity contribution in [3.05, 3.63) is 53.3 Å². The number of ether oxygens (including phenoxy) is 1. The van der Waals surface area contributed by atoms with Crippen molar-refractivity contribution in [3.63, 3.8) is 0 Å². The molecule has 23 heavy (non-hydrogen) atoms. The molecule has 0 saturated carbocycles. The summed E-state index contributed by atoms with van der Waals surface area (Å²) in [6, 6.07) is 6.76. The number of amides is 1. The summed E-state index contributed by atoms with van der Waals surface area (Å²) in [5, 5.41) is 6.25. The molecule has 1 amide bonds. The number of hydrogen-bond donors (Lipinski definition) is 2. The second-order valence-corrected chi connectivity index (χ2v) is 5.12. The molecule has 0 aliphatic carbocycles. The fourth-order valence-electron chi connectivity index (χ4n) is 1.89. The normalized spacial score (nSPS) is 10.0. The Bertz CT molecular complexity index is 734. The molecule has 1 aromatic heterocycles. The minimum atomic E-state index is -0.295. The monoisotopic (exact) mass is 332 g/mol. The highest BCUT2D eigenvalue weighted by Gasteiger charge is 2.11. The van der Waals surface area contributed by atoms with E-state index in [2.05, 4.69) is 27.2 Å². The summed E-state index contributed by atoms with van der Waals surface area (Å²) in [6.45, 7) is 5.71. The van der Waals surface area contributed by atoms with Gasteiger partial charge in [-0.05, 0) is 31.2 Å². The molecule has 7 heteroatoms. The van der Waals surface area contributed by atoms with E-state index in [1.807, 2.05) is 0 Å². The van der Waals surface area contributed by atoms with Gasteiger partial charge in [0.1, 0.15) is 11.4 Å². The first-order valence-electron chi connectivity index (χ1n) is 6.89. The Labute approximate surface area is 139 Å². The van der Waals surface area contributed by atoms with Gasteiger partial charge in [-0.25, -0.2) is 9.97 Å². The third-order valence-corrected chi connectivity index (χ3v) is 3.14. The lowest BCUT2D eigenvalue weighted by molar-refractivity contribution is 0.0953. The van der Waals surface area contributed by atoms with Crippen molar-refractivity contribution in [1.82, 2.24) is 15.3 Å². The van der Waals surface area contributed by atoms with E-state index >= 15 is 0 Å². The molecule has 0 fully saturated rings. The predicted octanol–water partition coefficient (Wildman–Crippen LogP) is 3.11. The van der Waals surface area contributed by atoms with Gasteiger partial charge in [0.2, 0.25) is 5.95 Å². The molecule has 2 aromatic rings. The Morgan fingerprint density at radius 1 is 1.39 bits per heavy atom. The summed E-state index contributed by atoms with van der Waals surface area (Å²) in [5.74, 6) is 0.586. The van der Waals surface area contributed by atoms with E-state index in [9.17, 15) is 4.79 Å². The largest absolute Gasteiger partial charge is 0.495 e. The highest BCUT2D eigenvalue weighted by molar-refractivity contribution is 6.31. The van der Waals surface area contributed by atoms with E-state index in [1.165, 1.54) is 0 Å². The molecule has 1 heterocycles. The van der Waals surface area contributed by atoms with Gasteiger partial charge in [0.05, 0.1) is 12.8 Å². The van der Waals surface area contributed by atoms with Crippen LogP contribution >= 0.6 is 11.6 Å². The summed E-state index contributed by atoms with van der Waals surface area (Å²) in [7, 11) is 1.56. The summed E-state index contributed by atoms with van der Waals surface area (Å²) < 4.78 is 5.27. The van der Waals surface area contributed by atoms with E-state index in [1.54, 1.807) is 44.4 Å². The van der Waals surface area contributed by atoms with Crippen LogP contribution in [0.15, 0.2) is 36.9 Å². The maximum Gasteiger partial charge on any atom is 0.270 e. The van der Waals surface area contributed by atoms with Gasteiger partial charge in [-0.3, -0.25) is 4.79 Å². The van der Waals surface area contributed by atoms with Crippen LogP contribution < -0.4 is 15.4 Å². The highest BCUT2D eigenvalue weighted by atomic mass is 35.5. The number of benzene rings is 1. The van der Waals surface area contributed by atoms with Gasteiger partial charge in [-0.15, -0.1) is 6.58 Å². The summed E-state index contributed by atoms with van der Waals surface area (Å²) in [5.41, 5.74) is 1.54. The van der Waals surface area contributed by atoms with E-state index in [-0.39, 0.29) is 17.5 Å². The fourth-order valence-corrected chi connectivity index (χ4v) is 2.07. The molecule has 0 aliphatic heterocycles. The average Bonchev–Trinajstić information content (AvgIpc) is 2.52. The zero-order valence-corrected chi connectivity index (χ0v) is 13.6. The third kappa shape index (κ3) is 4.43. The first-order chi connectivity index (χ1) is 11.0. The summed E-state index contributed by atoms with van der Waals surface area (Å²) in [4.78, 5) is 20.5. The number of carbonyl (C=O) groups excluding carboxylic acids is 1. The number of methoxy groups -OCH3 is 1. The number of hydrogen-bond acceptors (Lipinski definition) is 5. The van der Waals surface area contributed by atoms with Crippen molar-refractivity contribution >= 4 is 29.1 Å². The molecule has 0 saturated heterocycles. The van der Waals surface area contributed by atoms with Crippen molar-refractivity contribution in [3.8, 4) is 5.75 Å². The SMILES string of the molecule is C=CCNC(=O)c1cc(C)nc(Nc2cc(Cl)ccc2OC)n1. The maximum atomic E-state index is 12.0. The van der Waals surface area contributed by atoms with Crippen LogP contribution in [0.2, 0.25) is 5.02 Å². The number of rotatable bonds is 6. The molecule has 1 aromatic carbocycles. The second kappa shape index (κ2) is 7.60. The molecule has 0 spiro atoms. The Kier molecular flexibility index (Phi) is 5.54. The smallest absolute Gasteiger partial charge is 0.270 e. The van der Waals surface area contributed by atoms with Crippen LogP contribution in [0.4, 0.5) is 11.6 Å². The minimum Gasteiger partial charge on any atom is -0.495 e. The van der Waals surface area contributed by atoms with Crippen LogP contribution in [-0.4, -0.2) is 29.5 Å². The van der Waals surface area contributed by atoms with Crippen molar-refractivity contribution in [2.45, 2.75) is 6.92 Å². The number of aryl methyl sites for hydroxylation is 1. The number of anilines is 2. The first kappa shape index (κ1) is 16.8. The molecule has 2 rings (SSSR count). The minimum absolute atomic E-state index is 0.267. The van der Waals surface area contributed by atoms with Gasteiger partial charge in [-0.2, -0.15) is 0 Å². The van der Waals surface area contributed by atoms with E-state index in [4.69, 9.17) is 16.3 Å². The van der Waals surface area contributed by atoms with Crippen molar-refractivity contribution < 1.29 is 9.53 Å². The van der Waals surface area contributed by atoms with E-state index in [0.717, 1.165) is 0 Å². The molecule has 0 aliphatic rings. The zero-order chi connectivity index (χ0) is 16.8. The standard InChI is InChI=1S/C16H17ClN4O2/c1-4-7-18-15(22)13-8-10(2)19-16(21-13)20-12-9-11(17)5-6-14(12)23-3/h4-6,8-9H,1,7H2,2-3H3,(H,18,22)(H,19,20,21). The quantitative estimate of drug-likeness (QED) is 0.795. The second-order valence-electron chi connectivity index (χ2n) is 4.69. The van der Waals surface area contributed by atoms with Crippen molar-refractivity contribution in [1.29, 1.82) is 0 Å². The van der Waals surface area contributed by atoms with Crippen molar-refractivity contribution in [2.75, 3.05) is 19.0 Å². The van der Waals surface area contributed by atoms with Crippen LogP contribution in [0, 0.1) is 6.92 Å². The number of nitrogens with zero attached hydrogens (tertiary/aromatic N) is 2. The molecule has 0 bridgehead atoms. The van der Waals surface area contributed by atoms with Gasteiger partial charge in [-0.1, -0.05) is 17.7 Å². The summed E-state index contributed by atoms with van der Waals surface area (Å²) in [6.07, 6.45) is 1.60. The maximum absolute atomic E-state index is 12.0. The number of halogens is 1. The number of aromatic nitrogens is 2. The van der Waals surface area contributed by atoms with Crippen molar-refractivity contribution in [2.24, 2.45) is 0 Å². The lowest BCUT2D eigenvalue weighted by atomic mass is 10.3. The Morgan fingerprint density at radius 2 is 2.17 bits per heavy atom. The molecular weight excluding hydrogens is 316 g/mol. The zero-order valence-electron chi connectivity index (χ0n) is 12.9. The topological polar surface area (TPSA) is 76.1 Å². The Morgan fingerprint density at radius 3 is 2.87 bits per heavy atom. The van der Waals surface area contributed by atoms with Gasteiger partial charge in [0.25, 0.3) is 5.91 Å². The number of carbonyl (C=O) groups is 1. The van der Waals surface area contributed by atoms with Crippen LogP contribution in [0.3, 0.4) is 0 Å². The van der Waals surface area contributed by atoms with E-state index < -0.39 is 0 Å². The number of nitrogens with one attached hydrogen (secondary N) is 2. The van der Waals surface area contributed by atoms with Gasteiger partial charge < -0.3 is 15.4 Å². The summed E-state index contributed by atoms with van der Waals surface area (Å²) >= 11 is 6.00. The Balaban J connectivity index is 2.30. The van der Waals surface area contributed by atoms with Crippen LogP contribution in [-0.2, 0) is 0 Å². The Hall–Kier alpha value is -2.60.